The number of carbonyl (C=O) groups excluding carboxylic acids is 2. The summed E-state index contributed by atoms with van der Waals surface area (Å²) >= 11 is 1.58. The zero-order chi connectivity index (χ0) is 24.6. The molecule has 7 heteroatoms. The van der Waals surface area contributed by atoms with E-state index in [-0.39, 0.29) is 18.4 Å². The highest BCUT2D eigenvalue weighted by atomic mass is 32.1. The lowest BCUT2D eigenvalue weighted by atomic mass is 9.92. The minimum atomic E-state index is -1.15. The van der Waals surface area contributed by atoms with Gasteiger partial charge in [0.2, 0.25) is 5.91 Å². The number of para-hydroxylation sites is 1. The summed E-state index contributed by atoms with van der Waals surface area (Å²) in [5.74, 6) is -0.433. The highest BCUT2D eigenvalue weighted by Gasteiger charge is 2.49. The highest BCUT2D eigenvalue weighted by molar-refractivity contribution is 7.13. The number of nitrogens with zero attached hydrogens (tertiary/aromatic N) is 3. The van der Waals surface area contributed by atoms with Crippen molar-refractivity contribution >= 4 is 28.8 Å². The molecule has 1 N–H and O–H groups in total. The summed E-state index contributed by atoms with van der Waals surface area (Å²) in [6.45, 7) is 6.57. The average molecular weight is 485 g/mol. The fourth-order valence-electron chi connectivity index (χ4n) is 4.73. The van der Waals surface area contributed by atoms with Gasteiger partial charge in [0.15, 0.2) is 0 Å². The molecule has 0 fully saturated rings. The summed E-state index contributed by atoms with van der Waals surface area (Å²) in [6.07, 6.45) is 0.751. The van der Waals surface area contributed by atoms with E-state index >= 15 is 0 Å². The molecule has 5 rings (SSSR count). The Balaban J connectivity index is 1.56. The van der Waals surface area contributed by atoms with Crippen molar-refractivity contribution in [1.82, 2.24) is 15.1 Å². The fraction of sp³-hybridized carbons (Fsp3) is 0.250. The second kappa shape index (κ2) is 9.15. The number of nitrogens with one attached hydrogen (secondary N) is 1. The molecule has 4 aromatic rings. The quantitative estimate of drug-likeness (QED) is 0.408. The van der Waals surface area contributed by atoms with E-state index in [1.807, 2.05) is 79.9 Å². The molecule has 0 radical (unpaired) electrons. The number of hydrogen-bond acceptors (Lipinski definition) is 4. The van der Waals surface area contributed by atoms with Gasteiger partial charge in [-0.25, -0.2) is 0 Å². The molecule has 1 aliphatic heterocycles. The molecule has 0 spiro atoms. The van der Waals surface area contributed by atoms with E-state index in [0.29, 0.717) is 12.2 Å². The van der Waals surface area contributed by atoms with Crippen LogP contribution < -0.4 is 10.2 Å². The van der Waals surface area contributed by atoms with Gasteiger partial charge in [-0.2, -0.15) is 5.10 Å². The molecule has 1 unspecified atom stereocenters. The molecule has 2 aromatic carbocycles. The van der Waals surface area contributed by atoms with Gasteiger partial charge in [0, 0.05) is 12.2 Å². The Morgan fingerprint density at radius 1 is 1.11 bits per heavy atom. The number of hydrogen-bond donors (Lipinski definition) is 1. The summed E-state index contributed by atoms with van der Waals surface area (Å²) in [5.41, 5.74) is 4.02. The molecule has 2 aromatic heterocycles. The number of fused-ring (bicyclic) bond motifs is 1. The number of carbonyl (C=O) groups is 2. The molecule has 1 atom stereocenters. The van der Waals surface area contributed by atoms with Gasteiger partial charge in [-0.1, -0.05) is 61.0 Å². The van der Waals surface area contributed by atoms with E-state index in [1.54, 1.807) is 20.9 Å². The van der Waals surface area contributed by atoms with Crippen LogP contribution >= 0.6 is 11.3 Å². The lowest BCUT2D eigenvalue weighted by Gasteiger charge is -2.43. The summed E-state index contributed by atoms with van der Waals surface area (Å²) < 4.78 is 1.69. The molecule has 3 heterocycles. The van der Waals surface area contributed by atoms with Crippen molar-refractivity contribution in [2.24, 2.45) is 0 Å². The van der Waals surface area contributed by atoms with Gasteiger partial charge in [0.05, 0.1) is 11.4 Å². The summed E-state index contributed by atoms with van der Waals surface area (Å²) in [6, 6.07) is 21.7. The van der Waals surface area contributed by atoms with Gasteiger partial charge in [-0.05, 0) is 55.0 Å². The first-order valence-corrected chi connectivity index (χ1v) is 12.7. The van der Waals surface area contributed by atoms with E-state index < -0.39 is 5.54 Å². The Morgan fingerprint density at radius 2 is 1.94 bits per heavy atom. The topological polar surface area (TPSA) is 67.2 Å². The normalized spacial score (nSPS) is 17.3. The molecule has 2 amide bonds. The van der Waals surface area contributed by atoms with Crippen molar-refractivity contribution in [2.75, 3.05) is 4.90 Å². The summed E-state index contributed by atoms with van der Waals surface area (Å²) in [7, 11) is 0. The Morgan fingerprint density at radius 3 is 2.69 bits per heavy atom. The van der Waals surface area contributed by atoms with E-state index in [1.165, 1.54) is 0 Å². The van der Waals surface area contributed by atoms with E-state index in [4.69, 9.17) is 5.10 Å². The largest absolute Gasteiger partial charge is 0.350 e. The van der Waals surface area contributed by atoms with Crippen LogP contribution in [0.3, 0.4) is 0 Å². The van der Waals surface area contributed by atoms with Crippen LogP contribution in [0.5, 0.6) is 0 Å². The van der Waals surface area contributed by atoms with Crippen LogP contribution in [0, 0.1) is 6.92 Å². The summed E-state index contributed by atoms with van der Waals surface area (Å²) in [4.78, 5) is 30.5. The van der Waals surface area contributed by atoms with Crippen LogP contribution in [-0.2, 0) is 24.3 Å². The average Bonchev–Trinajstić information content (AvgIpc) is 3.53. The van der Waals surface area contributed by atoms with Gasteiger partial charge >= 0.3 is 0 Å². The molecular weight excluding hydrogens is 456 g/mol. The van der Waals surface area contributed by atoms with Crippen molar-refractivity contribution < 1.29 is 9.59 Å². The standard InChI is InChI=1S/C28H28N4O2S/c1-4-21-11-5-6-12-23(21)32-26(33)24-16-22(25-13-8-14-35-25)30-31(24)18-28(32,3)27(34)29-17-20-10-7-9-19(2)15-20/h5-16H,4,17-18H2,1-3H3,(H,29,34). The van der Waals surface area contributed by atoms with Gasteiger partial charge < -0.3 is 5.32 Å². The number of anilines is 1. The minimum Gasteiger partial charge on any atom is -0.350 e. The second-order valence-electron chi connectivity index (χ2n) is 9.12. The number of aromatic nitrogens is 2. The third kappa shape index (κ3) is 4.17. The van der Waals surface area contributed by atoms with Crippen molar-refractivity contribution in [3.05, 3.63) is 94.5 Å². The minimum absolute atomic E-state index is 0.211. The van der Waals surface area contributed by atoms with Crippen molar-refractivity contribution in [2.45, 2.75) is 45.8 Å². The zero-order valence-corrected chi connectivity index (χ0v) is 20.9. The highest BCUT2D eigenvalue weighted by Crippen LogP contribution is 2.36. The van der Waals surface area contributed by atoms with Gasteiger partial charge in [0.25, 0.3) is 5.91 Å². The second-order valence-corrected chi connectivity index (χ2v) is 10.1. The molecule has 6 nitrogen and oxygen atoms in total. The zero-order valence-electron chi connectivity index (χ0n) is 20.1. The Kier molecular flexibility index (Phi) is 6.03. The molecule has 0 saturated carbocycles. The maximum Gasteiger partial charge on any atom is 0.277 e. The third-order valence-corrected chi connectivity index (χ3v) is 7.46. The molecule has 0 aliphatic carbocycles. The first-order chi connectivity index (χ1) is 16.9. The van der Waals surface area contributed by atoms with Crippen LogP contribution in [0.15, 0.2) is 72.1 Å². The smallest absolute Gasteiger partial charge is 0.277 e. The van der Waals surface area contributed by atoms with E-state index in [9.17, 15) is 9.59 Å². The lowest BCUT2D eigenvalue weighted by molar-refractivity contribution is -0.126. The predicted molar refractivity (Wildman–Crippen MR) is 140 cm³/mol. The Labute approximate surface area is 209 Å². The molecule has 0 saturated heterocycles. The van der Waals surface area contributed by atoms with Crippen molar-refractivity contribution in [3.63, 3.8) is 0 Å². The van der Waals surface area contributed by atoms with Gasteiger partial charge in [-0.15, -0.1) is 11.3 Å². The number of benzene rings is 2. The van der Waals surface area contributed by atoms with Crippen molar-refractivity contribution in [1.29, 1.82) is 0 Å². The SMILES string of the molecule is CCc1ccccc1N1C(=O)c2cc(-c3cccs3)nn2CC1(C)C(=O)NCc1cccc(C)c1. The van der Waals surface area contributed by atoms with Crippen LogP contribution in [-0.4, -0.2) is 27.1 Å². The lowest BCUT2D eigenvalue weighted by Crippen LogP contribution is -2.64. The predicted octanol–water partition coefficient (Wildman–Crippen LogP) is 5.22. The molecule has 1 aliphatic rings. The Hall–Kier alpha value is -3.71. The van der Waals surface area contributed by atoms with Crippen LogP contribution in [0.25, 0.3) is 10.6 Å². The number of rotatable bonds is 6. The maximum absolute atomic E-state index is 14.0. The number of aryl methyl sites for hydroxylation is 2. The van der Waals surface area contributed by atoms with Crippen molar-refractivity contribution in [3.8, 4) is 10.6 Å². The molecule has 35 heavy (non-hydrogen) atoms. The monoisotopic (exact) mass is 484 g/mol. The first kappa shape index (κ1) is 23.1. The molecular formula is C28H28N4O2S. The number of amides is 2. The van der Waals surface area contributed by atoms with Gasteiger partial charge in [-0.3, -0.25) is 19.2 Å². The third-order valence-electron chi connectivity index (χ3n) is 6.57. The summed E-state index contributed by atoms with van der Waals surface area (Å²) in [5, 5.41) is 9.80. The fourth-order valence-corrected chi connectivity index (χ4v) is 5.41. The molecule has 0 bridgehead atoms. The maximum atomic E-state index is 14.0. The number of thiophene rings is 1. The van der Waals surface area contributed by atoms with Crippen LogP contribution in [0.1, 0.15) is 41.0 Å². The van der Waals surface area contributed by atoms with Crippen LogP contribution in [0.2, 0.25) is 0 Å². The van der Waals surface area contributed by atoms with E-state index in [2.05, 4.69) is 18.3 Å². The van der Waals surface area contributed by atoms with Crippen LogP contribution in [0.4, 0.5) is 5.69 Å². The molecule has 178 valence electrons. The van der Waals surface area contributed by atoms with Gasteiger partial charge in [0.1, 0.15) is 16.9 Å². The Bertz CT molecular complexity index is 1390. The van der Waals surface area contributed by atoms with E-state index in [0.717, 1.165) is 39.4 Å². The first-order valence-electron chi connectivity index (χ1n) is 11.8.